The number of ether oxygens (including phenoxy) is 1. The Labute approximate surface area is 111 Å². The molecular weight excluding hydrogens is 242 g/mol. The average molecular weight is 257 g/mol. The van der Waals surface area contributed by atoms with Crippen molar-refractivity contribution >= 4 is 5.91 Å². The van der Waals surface area contributed by atoms with E-state index in [4.69, 9.17) is 9.57 Å². The Morgan fingerprint density at radius 1 is 1.05 bits per heavy atom. The molecule has 2 aromatic carbocycles. The summed E-state index contributed by atoms with van der Waals surface area (Å²) in [5.74, 6) is 0.534. The van der Waals surface area contributed by atoms with Crippen molar-refractivity contribution in [3.05, 3.63) is 65.7 Å². The first-order valence-electron chi connectivity index (χ1n) is 5.89. The summed E-state index contributed by atoms with van der Waals surface area (Å²) in [4.78, 5) is 16.8. The lowest BCUT2D eigenvalue weighted by Crippen LogP contribution is -2.23. The minimum Gasteiger partial charge on any atom is -0.497 e. The second-order valence-electron chi connectivity index (χ2n) is 3.93. The molecule has 0 aliphatic carbocycles. The maximum absolute atomic E-state index is 11.7. The highest BCUT2D eigenvalue weighted by Gasteiger charge is 2.03. The smallest absolute Gasteiger partial charge is 0.274 e. The van der Waals surface area contributed by atoms with Crippen LogP contribution in [0.3, 0.4) is 0 Å². The van der Waals surface area contributed by atoms with Crippen LogP contribution < -0.4 is 10.2 Å². The van der Waals surface area contributed by atoms with Crippen LogP contribution in [0.2, 0.25) is 0 Å². The van der Waals surface area contributed by atoms with E-state index in [9.17, 15) is 4.79 Å². The first-order valence-corrected chi connectivity index (χ1v) is 5.89. The number of carbonyl (C=O) groups is 1. The van der Waals surface area contributed by atoms with E-state index in [0.29, 0.717) is 12.2 Å². The molecule has 0 spiro atoms. The van der Waals surface area contributed by atoms with E-state index in [-0.39, 0.29) is 5.91 Å². The maximum Gasteiger partial charge on any atom is 0.274 e. The normalized spacial score (nSPS) is 9.95. The monoisotopic (exact) mass is 257 g/mol. The highest BCUT2D eigenvalue weighted by Crippen LogP contribution is 2.11. The van der Waals surface area contributed by atoms with Gasteiger partial charge < -0.3 is 4.74 Å². The molecule has 0 atom stereocenters. The van der Waals surface area contributed by atoms with Gasteiger partial charge in [0.1, 0.15) is 5.75 Å². The van der Waals surface area contributed by atoms with E-state index in [1.165, 1.54) is 0 Å². The summed E-state index contributed by atoms with van der Waals surface area (Å²) >= 11 is 0. The lowest BCUT2D eigenvalue weighted by Gasteiger charge is -2.06. The predicted molar refractivity (Wildman–Crippen MR) is 71.7 cm³/mol. The summed E-state index contributed by atoms with van der Waals surface area (Å²) in [6.45, 7) is 0.308. The third-order valence-corrected chi connectivity index (χ3v) is 2.60. The minimum atomic E-state index is -0.255. The molecule has 0 saturated carbocycles. The Kier molecular flexibility index (Phi) is 4.53. The predicted octanol–water partition coefficient (Wildman–Crippen LogP) is 2.56. The van der Waals surface area contributed by atoms with Crippen LogP contribution in [0.1, 0.15) is 15.9 Å². The van der Waals surface area contributed by atoms with Crippen molar-refractivity contribution in [2.45, 2.75) is 6.61 Å². The zero-order valence-corrected chi connectivity index (χ0v) is 10.6. The van der Waals surface area contributed by atoms with Gasteiger partial charge in [-0.05, 0) is 29.8 Å². The number of hydroxylamine groups is 1. The van der Waals surface area contributed by atoms with E-state index in [1.807, 2.05) is 30.3 Å². The van der Waals surface area contributed by atoms with Crippen LogP contribution in [-0.2, 0) is 11.4 Å². The molecule has 1 amide bonds. The van der Waals surface area contributed by atoms with Gasteiger partial charge in [0, 0.05) is 5.56 Å². The van der Waals surface area contributed by atoms with Crippen molar-refractivity contribution in [1.82, 2.24) is 5.48 Å². The Balaban J connectivity index is 1.81. The third-order valence-electron chi connectivity index (χ3n) is 2.60. The molecule has 0 saturated heterocycles. The molecule has 0 aromatic heterocycles. The molecule has 19 heavy (non-hydrogen) atoms. The lowest BCUT2D eigenvalue weighted by molar-refractivity contribution is 0.0233. The van der Waals surface area contributed by atoms with E-state index >= 15 is 0 Å². The van der Waals surface area contributed by atoms with Gasteiger partial charge >= 0.3 is 0 Å². The molecule has 0 bridgehead atoms. The van der Waals surface area contributed by atoms with Crippen LogP contribution in [0.15, 0.2) is 54.6 Å². The van der Waals surface area contributed by atoms with Crippen molar-refractivity contribution in [3.8, 4) is 5.75 Å². The zero-order chi connectivity index (χ0) is 13.5. The van der Waals surface area contributed by atoms with Gasteiger partial charge in [0.15, 0.2) is 0 Å². The second kappa shape index (κ2) is 6.56. The van der Waals surface area contributed by atoms with Crippen LogP contribution in [-0.4, -0.2) is 13.0 Å². The summed E-state index contributed by atoms with van der Waals surface area (Å²) in [6, 6.07) is 16.4. The first kappa shape index (κ1) is 13.1. The van der Waals surface area contributed by atoms with Crippen LogP contribution in [0.5, 0.6) is 5.75 Å². The van der Waals surface area contributed by atoms with Gasteiger partial charge in [-0.3, -0.25) is 9.63 Å². The number of hydrogen-bond donors (Lipinski definition) is 1. The SMILES string of the molecule is COc1ccc(CONC(=O)c2ccccc2)cc1. The molecule has 0 radical (unpaired) electrons. The van der Waals surface area contributed by atoms with Gasteiger partial charge in [-0.25, -0.2) is 5.48 Å². The van der Waals surface area contributed by atoms with Gasteiger partial charge in [-0.1, -0.05) is 30.3 Å². The lowest BCUT2D eigenvalue weighted by atomic mass is 10.2. The number of amides is 1. The Hall–Kier alpha value is -2.33. The van der Waals surface area contributed by atoms with Gasteiger partial charge in [-0.15, -0.1) is 0 Å². The van der Waals surface area contributed by atoms with Crippen LogP contribution in [0.25, 0.3) is 0 Å². The zero-order valence-electron chi connectivity index (χ0n) is 10.6. The molecule has 4 nitrogen and oxygen atoms in total. The number of carbonyl (C=O) groups excluding carboxylic acids is 1. The molecule has 0 heterocycles. The van der Waals surface area contributed by atoms with Gasteiger partial charge in [0.25, 0.3) is 5.91 Å². The standard InChI is InChI=1S/C15H15NO3/c1-18-14-9-7-12(8-10-14)11-19-16-15(17)13-5-3-2-4-6-13/h2-10H,11H2,1H3,(H,16,17). The van der Waals surface area contributed by atoms with E-state index in [1.54, 1.807) is 31.4 Å². The molecule has 98 valence electrons. The second-order valence-corrected chi connectivity index (χ2v) is 3.93. The molecule has 0 aliphatic heterocycles. The number of benzene rings is 2. The first-order chi connectivity index (χ1) is 9.29. The molecule has 1 N–H and O–H groups in total. The van der Waals surface area contributed by atoms with Crippen molar-refractivity contribution in [2.24, 2.45) is 0 Å². The molecule has 4 heteroatoms. The fourth-order valence-corrected chi connectivity index (χ4v) is 1.56. The van der Waals surface area contributed by atoms with Gasteiger partial charge in [-0.2, -0.15) is 0 Å². The third kappa shape index (κ3) is 3.82. The van der Waals surface area contributed by atoms with Crippen LogP contribution >= 0.6 is 0 Å². The minimum absolute atomic E-state index is 0.255. The number of methoxy groups -OCH3 is 1. The van der Waals surface area contributed by atoms with Gasteiger partial charge in [0.05, 0.1) is 13.7 Å². The van der Waals surface area contributed by atoms with E-state index in [0.717, 1.165) is 11.3 Å². The molecular formula is C15H15NO3. The fourth-order valence-electron chi connectivity index (χ4n) is 1.56. The average Bonchev–Trinajstić information content (AvgIpc) is 2.49. The highest BCUT2D eigenvalue weighted by atomic mass is 16.6. The number of nitrogens with one attached hydrogen (secondary N) is 1. The Bertz CT molecular complexity index is 523. The molecule has 0 aliphatic rings. The van der Waals surface area contributed by atoms with Crippen molar-refractivity contribution < 1.29 is 14.4 Å². The van der Waals surface area contributed by atoms with Crippen molar-refractivity contribution in [2.75, 3.05) is 7.11 Å². The maximum atomic E-state index is 11.7. The Morgan fingerprint density at radius 2 is 1.74 bits per heavy atom. The van der Waals surface area contributed by atoms with Crippen molar-refractivity contribution in [3.63, 3.8) is 0 Å². The van der Waals surface area contributed by atoms with Crippen molar-refractivity contribution in [1.29, 1.82) is 0 Å². The van der Waals surface area contributed by atoms with E-state index < -0.39 is 0 Å². The summed E-state index contributed by atoms with van der Waals surface area (Å²) in [5.41, 5.74) is 3.93. The highest BCUT2D eigenvalue weighted by molar-refractivity contribution is 5.93. The summed E-state index contributed by atoms with van der Waals surface area (Å²) in [5, 5.41) is 0. The van der Waals surface area contributed by atoms with Crippen LogP contribution in [0, 0.1) is 0 Å². The molecule has 2 aromatic rings. The summed E-state index contributed by atoms with van der Waals surface area (Å²) < 4.78 is 5.06. The van der Waals surface area contributed by atoms with E-state index in [2.05, 4.69) is 5.48 Å². The summed E-state index contributed by atoms with van der Waals surface area (Å²) in [7, 11) is 1.62. The quantitative estimate of drug-likeness (QED) is 0.837. The number of rotatable bonds is 5. The molecule has 0 unspecified atom stereocenters. The summed E-state index contributed by atoms with van der Waals surface area (Å²) in [6.07, 6.45) is 0. The molecule has 0 fully saturated rings. The topological polar surface area (TPSA) is 47.6 Å². The van der Waals surface area contributed by atoms with Crippen LogP contribution in [0.4, 0.5) is 0 Å². The molecule has 2 rings (SSSR count). The largest absolute Gasteiger partial charge is 0.497 e. The van der Waals surface area contributed by atoms with Gasteiger partial charge in [0.2, 0.25) is 0 Å². The fraction of sp³-hybridized carbons (Fsp3) is 0.133. The number of hydrogen-bond acceptors (Lipinski definition) is 3. The Morgan fingerprint density at radius 3 is 2.37 bits per heavy atom.